The quantitative estimate of drug-likeness (QED) is 0.860. The molecule has 1 aliphatic rings. The lowest BCUT2D eigenvalue weighted by Crippen LogP contribution is -2.45. The Bertz CT molecular complexity index is 405. The van der Waals surface area contributed by atoms with E-state index in [2.05, 4.69) is 11.4 Å². The van der Waals surface area contributed by atoms with Gasteiger partial charge in [0.1, 0.15) is 0 Å². The van der Waals surface area contributed by atoms with Crippen LogP contribution in [-0.4, -0.2) is 12.2 Å². The summed E-state index contributed by atoms with van der Waals surface area (Å²) in [4.78, 5) is 2.37. The zero-order valence-electron chi connectivity index (χ0n) is 11.3. The lowest BCUT2D eigenvalue weighted by Gasteiger charge is -2.33. The highest BCUT2D eigenvalue weighted by Gasteiger charge is 2.45. The summed E-state index contributed by atoms with van der Waals surface area (Å²) in [7, 11) is 0. The third kappa shape index (κ3) is 3.72. The Hall–Kier alpha value is -0.550. The van der Waals surface area contributed by atoms with Gasteiger partial charge in [0, 0.05) is 22.3 Å². The smallest absolute Gasteiger partial charge is 0.308 e. The minimum atomic E-state index is -4.07. The molecule has 0 spiro atoms. The predicted octanol–water partition coefficient (Wildman–Crippen LogP) is 4.58. The van der Waals surface area contributed by atoms with Crippen molar-refractivity contribution in [2.75, 3.05) is 0 Å². The maximum Gasteiger partial charge on any atom is 0.393 e. The normalized spacial score (nSPS) is 24.7. The molecule has 1 saturated carbocycles. The van der Waals surface area contributed by atoms with Crippen molar-refractivity contribution in [3.63, 3.8) is 0 Å². The number of nitrogens with one attached hydrogen (secondary N) is 1. The van der Waals surface area contributed by atoms with Crippen LogP contribution in [0.3, 0.4) is 0 Å². The van der Waals surface area contributed by atoms with Crippen molar-refractivity contribution in [3.05, 3.63) is 21.4 Å². The second-order valence-electron chi connectivity index (χ2n) is 5.37. The van der Waals surface area contributed by atoms with Crippen LogP contribution in [0.25, 0.3) is 0 Å². The molecular weight excluding hydrogens is 271 g/mol. The fraction of sp³-hybridized carbons (Fsp3) is 0.714. The van der Waals surface area contributed by atoms with Crippen LogP contribution in [0.2, 0.25) is 0 Å². The van der Waals surface area contributed by atoms with E-state index < -0.39 is 18.1 Å². The van der Waals surface area contributed by atoms with Crippen LogP contribution in [-0.2, 0) is 6.54 Å². The molecule has 1 nitrogen and oxygen atoms in total. The summed E-state index contributed by atoms with van der Waals surface area (Å²) in [5, 5.41) is 3.13. The first-order valence-corrected chi connectivity index (χ1v) is 7.55. The van der Waals surface area contributed by atoms with Crippen LogP contribution in [0.5, 0.6) is 0 Å². The van der Waals surface area contributed by atoms with Crippen molar-refractivity contribution in [2.45, 2.75) is 58.3 Å². The van der Waals surface area contributed by atoms with Crippen molar-refractivity contribution in [1.29, 1.82) is 0 Å². The molecule has 1 heterocycles. The van der Waals surface area contributed by atoms with Crippen LogP contribution in [0.4, 0.5) is 13.2 Å². The van der Waals surface area contributed by atoms with Gasteiger partial charge in [-0.15, -0.1) is 11.3 Å². The summed E-state index contributed by atoms with van der Waals surface area (Å²) >= 11 is 1.67. The van der Waals surface area contributed by atoms with Crippen LogP contribution in [0.15, 0.2) is 6.07 Å². The summed E-state index contributed by atoms with van der Waals surface area (Å²) < 4.78 is 38.8. The lowest BCUT2D eigenvalue weighted by atomic mass is 9.84. The molecule has 0 amide bonds. The Kier molecular flexibility index (Phi) is 4.56. The molecule has 2 rings (SSSR count). The standard InChI is InChI=1S/C14H20F3NS/c1-9-7-11(19-10(9)2)8-18-13-6-4-3-5-12(13)14(15,16)17/h7,12-13,18H,3-6,8H2,1-2H3. The molecule has 2 unspecified atom stereocenters. The second kappa shape index (κ2) is 5.83. The van der Waals surface area contributed by atoms with E-state index in [1.807, 2.05) is 13.8 Å². The Morgan fingerprint density at radius 1 is 1.26 bits per heavy atom. The van der Waals surface area contributed by atoms with E-state index in [4.69, 9.17) is 0 Å². The van der Waals surface area contributed by atoms with Gasteiger partial charge in [-0.05, 0) is 38.3 Å². The number of hydrogen-bond acceptors (Lipinski definition) is 2. The van der Waals surface area contributed by atoms with Crippen molar-refractivity contribution >= 4 is 11.3 Å². The number of halogens is 3. The third-order valence-corrected chi connectivity index (χ3v) is 5.09. The first-order chi connectivity index (χ1) is 8.88. The van der Waals surface area contributed by atoms with Crippen molar-refractivity contribution in [3.8, 4) is 0 Å². The van der Waals surface area contributed by atoms with Gasteiger partial charge in [-0.25, -0.2) is 0 Å². The molecule has 0 bridgehead atoms. The van der Waals surface area contributed by atoms with Gasteiger partial charge < -0.3 is 5.32 Å². The molecule has 2 atom stereocenters. The molecule has 1 aromatic heterocycles. The Labute approximate surface area is 116 Å². The first kappa shape index (κ1) is 14.9. The minimum Gasteiger partial charge on any atom is -0.308 e. The Balaban J connectivity index is 1.96. The zero-order valence-corrected chi connectivity index (χ0v) is 12.1. The molecule has 1 aromatic rings. The maximum absolute atomic E-state index is 12.9. The summed E-state index contributed by atoms with van der Waals surface area (Å²) in [6.45, 7) is 4.63. The number of hydrogen-bond donors (Lipinski definition) is 1. The average molecular weight is 291 g/mol. The molecule has 0 aliphatic heterocycles. The van der Waals surface area contributed by atoms with E-state index in [1.54, 1.807) is 11.3 Å². The molecule has 1 N–H and O–H groups in total. The second-order valence-corrected chi connectivity index (χ2v) is 6.71. The average Bonchev–Trinajstić information content (AvgIpc) is 2.65. The number of aryl methyl sites for hydroxylation is 2. The molecule has 0 saturated heterocycles. The van der Waals surface area contributed by atoms with E-state index in [0.29, 0.717) is 19.4 Å². The minimum absolute atomic E-state index is 0.268. The van der Waals surface area contributed by atoms with Gasteiger partial charge in [0.25, 0.3) is 0 Å². The highest BCUT2D eigenvalue weighted by molar-refractivity contribution is 7.12. The van der Waals surface area contributed by atoms with Gasteiger partial charge in [-0.1, -0.05) is 12.8 Å². The van der Waals surface area contributed by atoms with Gasteiger partial charge in [0.15, 0.2) is 0 Å². The molecule has 5 heteroatoms. The van der Waals surface area contributed by atoms with E-state index in [0.717, 1.165) is 11.3 Å². The Morgan fingerprint density at radius 3 is 2.53 bits per heavy atom. The highest BCUT2D eigenvalue weighted by Crippen LogP contribution is 2.38. The van der Waals surface area contributed by atoms with Gasteiger partial charge in [0.2, 0.25) is 0 Å². The molecule has 0 aromatic carbocycles. The van der Waals surface area contributed by atoms with Crippen LogP contribution >= 0.6 is 11.3 Å². The fourth-order valence-electron chi connectivity index (χ4n) is 2.74. The van der Waals surface area contributed by atoms with Crippen LogP contribution in [0.1, 0.15) is 41.0 Å². The summed E-state index contributed by atoms with van der Waals surface area (Å²) in [5.74, 6) is -1.18. The SMILES string of the molecule is Cc1cc(CNC2CCCCC2C(F)(F)F)sc1C. The molecule has 19 heavy (non-hydrogen) atoms. The maximum atomic E-state index is 12.9. The molecule has 0 radical (unpaired) electrons. The van der Waals surface area contributed by atoms with Crippen molar-refractivity contribution in [1.82, 2.24) is 5.32 Å². The largest absolute Gasteiger partial charge is 0.393 e. The lowest BCUT2D eigenvalue weighted by molar-refractivity contribution is -0.189. The predicted molar refractivity (Wildman–Crippen MR) is 72.4 cm³/mol. The van der Waals surface area contributed by atoms with E-state index in [1.165, 1.54) is 10.4 Å². The van der Waals surface area contributed by atoms with Crippen LogP contribution < -0.4 is 5.32 Å². The number of alkyl halides is 3. The van der Waals surface area contributed by atoms with Gasteiger partial charge in [0.05, 0.1) is 5.92 Å². The first-order valence-electron chi connectivity index (χ1n) is 6.74. The van der Waals surface area contributed by atoms with E-state index in [9.17, 15) is 13.2 Å². The molecule has 1 fully saturated rings. The van der Waals surface area contributed by atoms with Gasteiger partial charge >= 0.3 is 6.18 Å². The third-order valence-electron chi connectivity index (χ3n) is 3.94. The van der Waals surface area contributed by atoms with Gasteiger partial charge in [-0.3, -0.25) is 0 Å². The molecular formula is C14H20F3NS. The zero-order chi connectivity index (χ0) is 14.0. The molecule has 1 aliphatic carbocycles. The monoisotopic (exact) mass is 291 g/mol. The van der Waals surface area contributed by atoms with Gasteiger partial charge in [-0.2, -0.15) is 13.2 Å². The van der Waals surface area contributed by atoms with Crippen molar-refractivity contribution in [2.24, 2.45) is 5.92 Å². The fourth-order valence-corrected chi connectivity index (χ4v) is 3.74. The Morgan fingerprint density at radius 2 is 1.95 bits per heavy atom. The highest BCUT2D eigenvalue weighted by atomic mass is 32.1. The van der Waals surface area contributed by atoms with E-state index in [-0.39, 0.29) is 6.42 Å². The summed E-state index contributed by atoms with van der Waals surface area (Å²) in [5.41, 5.74) is 1.22. The van der Waals surface area contributed by atoms with Crippen molar-refractivity contribution < 1.29 is 13.2 Å². The summed E-state index contributed by atoms with van der Waals surface area (Å²) in [6, 6.07) is 1.65. The van der Waals surface area contributed by atoms with E-state index >= 15 is 0 Å². The molecule has 108 valence electrons. The number of thiophene rings is 1. The topological polar surface area (TPSA) is 12.0 Å². The number of rotatable bonds is 3. The summed E-state index contributed by atoms with van der Waals surface area (Å²) in [6.07, 6.45) is -1.58. The van der Waals surface area contributed by atoms with Crippen LogP contribution in [0, 0.1) is 19.8 Å².